The van der Waals surface area contributed by atoms with Crippen LogP contribution in [-0.2, 0) is 0 Å². The molecule has 21 heavy (non-hydrogen) atoms. The number of nitrogens with one attached hydrogen (secondary N) is 1. The molecule has 1 heterocycles. The van der Waals surface area contributed by atoms with Gasteiger partial charge in [-0.15, -0.1) is 0 Å². The van der Waals surface area contributed by atoms with E-state index < -0.39 is 0 Å². The molecule has 1 N–H and O–H groups in total. The number of pyridine rings is 1. The molecule has 0 saturated heterocycles. The molecular weight excluding hydrogens is 254 g/mol. The Labute approximate surface area is 123 Å². The highest BCUT2D eigenvalue weighted by Gasteiger charge is 2.10. The number of aryl methyl sites for hydroxylation is 1. The number of benzene rings is 3. The lowest BCUT2D eigenvalue weighted by Crippen LogP contribution is -2.08. The molecule has 0 aliphatic carbocycles. The number of aromatic amines is 1. The Bertz CT molecular complexity index is 954. The third-order valence-corrected chi connectivity index (χ3v) is 3.99. The normalized spacial score (nSPS) is 11.1. The summed E-state index contributed by atoms with van der Waals surface area (Å²) < 4.78 is 0. The van der Waals surface area contributed by atoms with Crippen LogP contribution in [-0.4, -0.2) is 0 Å². The standard InChI is InChI=1S/C20H15N/c1-14-5-4-7-16(13-14)19-12-10-18-17-8-3-2-6-15(17)9-11-20(18)21-19/h2-13H,1H3/p+1. The Balaban J connectivity index is 1.97. The molecule has 0 bridgehead atoms. The fourth-order valence-corrected chi connectivity index (χ4v) is 2.92. The van der Waals surface area contributed by atoms with Crippen molar-refractivity contribution in [1.29, 1.82) is 0 Å². The third-order valence-electron chi connectivity index (χ3n) is 3.99. The van der Waals surface area contributed by atoms with Gasteiger partial charge in [-0.05, 0) is 42.0 Å². The minimum Gasteiger partial charge on any atom is -0.204 e. The zero-order chi connectivity index (χ0) is 14.2. The van der Waals surface area contributed by atoms with Gasteiger partial charge in [-0.2, -0.15) is 0 Å². The van der Waals surface area contributed by atoms with Crippen LogP contribution in [0.15, 0.2) is 72.8 Å². The maximum absolute atomic E-state index is 3.56. The first kappa shape index (κ1) is 12.1. The largest absolute Gasteiger partial charge is 0.211 e. The predicted molar refractivity (Wildman–Crippen MR) is 88.2 cm³/mol. The predicted octanol–water partition coefficient (Wildman–Crippen LogP) is 4.78. The molecule has 0 aliphatic rings. The first-order valence-corrected chi connectivity index (χ1v) is 7.22. The Hall–Kier alpha value is -2.67. The van der Waals surface area contributed by atoms with Crippen LogP contribution in [0.5, 0.6) is 0 Å². The highest BCUT2D eigenvalue weighted by atomic mass is 14.7. The van der Waals surface area contributed by atoms with Crippen molar-refractivity contribution in [3.63, 3.8) is 0 Å². The van der Waals surface area contributed by atoms with Gasteiger partial charge in [0.1, 0.15) is 0 Å². The van der Waals surface area contributed by atoms with E-state index in [9.17, 15) is 0 Å². The molecule has 0 spiro atoms. The Morgan fingerprint density at radius 2 is 1.62 bits per heavy atom. The molecule has 3 aromatic carbocycles. The molecule has 4 rings (SSSR count). The number of aromatic nitrogens is 1. The van der Waals surface area contributed by atoms with E-state index in [-0.39, 0.29) is 0 Å². The van der Waals surface area contributed by atoms with Crippen molar-refractivity contribution >= 4 is 21.7 Å². The van der Waals surface area contributed by atoms with Gasteiger partial charge in [0.15, 0.2) is 0 Å². The fourth-order valence-electron chi connectivity index (χ4n) is 2.92. The van der Waals surface area contributed by atoms with Gasteiger partial charge >= 0.3 is 0 Å². The first-order valence-electron chi connectivity index (χ1n) is 7.22. The summed E-state index contributed by atoms with van der Waals surface area (Å²) in [6.07, 6.45) is 0. The summed E-state index contributed by atoms with van der Waals surface area (Å²) in [5.74, 6) is 0. The summed E-state index contributed by atoms with van der Waals surface area (Å²) in [5.41, 5.74) is 4.83. The van der Waals surface area contributed by atoms with Crippen molar-refractivity contribution in [2.75, 3.05) is 0 Å². The number of H-pyrrole nitrogens is 1. The van der Waals surface area contributed by atoms with Gasteiger partial charge in [0, 0.05) is 17.7 Å². The molecule has 1 nitrogen and oxygen atoms in total. The molecule has 0 unspecified atom stereocenters. The van der Waals surface area contributed by atoms with E-state index in [2.05, 4.69) is 84.7 Å². The second-order valence-corrected chi connectivity index (χ2v) is 5.49. The zero-order valence-corrected chi connectivity index (χ0v) is 11.9. The fraction of sp³-hybridized carbons (Fsp3) is 0.0500. The molecule has 0 atom stereocenters. The van der Waals surface area contributed by atoms with Crippen LogP contribution in [0, 0.1) is 6.92 Å². The Morgan fingerprint density at radius 1 is 0.714 bits per heavy atom. The van der Waals surface area contributed by atoms with Gasteiger partial charge in [-0.25, -0.2) is 4.98 Å². The van der Waals surface area contributed by atoms with E-state index in [4.69, 9.17) is 0 Å². The van der Waals surface area contributed by atoms with E-state index in [1.54, 1.807) is 0 Å². The summed E-state index contributed by atoms with van der Waals surface area (Å²) >= 11 is 0. The molecular formula is C20H16N+. The van der Waals surface area contributed by atoms with Crippen LogP contribution in [0.4, 0.5) is 0 Å². The maximum Gasteiger partial charge on any atom is 0.211 e. The molecule has 1 heteroatoms. The van der Waals surface area contributed by atoms with Crippen molar-refractivity contribution in [2.24, 2.45) is 0 Å². The summed E-state index contributed by atoms with van der Waals surface area (Å²) in [6.45, 7) is 2.12. The van der Waals surface area contributed by atoms with Gasteiger partial charge in [0.2, 0.25) is 11.2 Å². The topological polar surface area (TPSA) is 14.1 Å². The summed E-state index contributed by atoms with van der Waals surface area (Å²) in [7, 11) is 0. The minimum absolute atomic E-state index is 1.15. The van der Waals surface area contributed by atoms with Crippen LogP contribution >= 0.6 is 0 Å². The van der Waals surface area contributed by atoms with E-state index in [0.29, 0.717) is 0 Å². The van der Waals surface area contributed by atoms with Gasteiger partial charge < -0.3 is 0 Å². The SMILES string of the molecule is Cc1cccc(-c2ccc3c(ccc4ccccc43)[nH+]2)c1. The highest BCUT2D eigenvalue weighted by molar-refractivity contribution is 6.05. The summed E-state index contributed by atoms with van der Waals surface area (Å²) in [5, 5.41) is 3.84. The molecule has 4 aromatic rings. The lowest BCUT2D eigenvalue weighted by atomic mass is 10.0. The average molecular weight is 270 g/mol. The number of hydrogen-bond acceptors (Lipinski definition) is 0. The number of rotatable bonds is 1. The van der Waals surface area contributed by atoms with Crippen LogP contribution in [0.3, 0.4) is 0 Å². The molecule has 1 aromatic heterocycles. The van der Waals surface area contributed by atoms with Crippen molar-refractivity contribution in [1.82, 2.24) is 0 Å². The van der Waals surface area contributed by atoms with Crippen LogP contribution in [0.2, 0.25) is 0 Å². The molecule has 0 amide bonds. The number of hydrogen-bond donors (Lipinski definition) is 0. The Kier molecular flexibility index (Phi) is 2.71. The highest BCUT2D eigenvalue weighted by Crippen LogP contribution is 2.25. The second-order valence-electron chi connectivity index (χ2n) is 5.49. The lowest BCUT2D eigenvalue weighted by Gasteiger charge is -2.02. The summed E-state index contributed by atoms with van der Waals surface area (Å²) in [6, 6.07) is 25.8. The van der Waals surface area contributed by atoms with E-state index >= 15 is 0 Å². The molecule has 100 valence electrons. The summed E-state index contributed by atoms with van der Waals surface area (Å²) in [4.78, 5) is 3.56. The molecule has 0 radical (unpaired) electrons. The quantitative estimate of drug-likeness (QED) is 0.442. The van der Waals surface area contributed by atoms with Crippen molar-refractivity contribution in [3.05, 3.63) is 78.4 Å². The smallest absolute Gasteiger partial charge is 0.204 e. The van der Waals surface area contributed by atoms with Gasteiger partial charge in [-0.3, -0.25) is 0 Å². The van der Waals surface area contributed by atoms with Crippen molar-refractivity contribution < 1.29 is 4.98 Å². The molecule has 0 fully saturated rings. The zero-order valence-electron chi connectivity index (χ0n) is 11.9. The van der Waals surface area contributed by atoms with Crippen LogP contribution in [0.25, 0.3) is 32.9 Å². The van der Waals surface area contributed by atoms with Gasteiger partial charge in [0.25, 0.3) is 0 Å². The average Bonchev–Trinajstić information content (AvgIpc) is 2.54. The minimum atomic E-state index is 1.15. The van der Waals surface area contributed by atoms with Crippen molar-refractivity contribution in [3.8, 4) is 11.3 Å². The maximum atomic E-state index is 3.56. The Morgan fingerprint density at radius 3 is 2.52 bits per heavy atom. The monoisotopic (exact) mass is 270 g/mol. The third kappa shape index (κ3) is 2.07. The molecule has 0 aliphatic heterocycles. The van der Waals surface area contributed by atoms with E-state index in [1.807, 2.05) is 0 Å². The van der Waals surface area contributed by atoms with Gasteiger partial charge in [-0.1, -0.05) is 42.0 Å². The van der Waals surface area contributed by atoms with Crippen LogP contribution < -0.4 is 4.98 Å². The second kappa shape index (κ2) is 4.71. The van der Waals surface area contributed by atoms with E-state index in [1.165, 1.54) is 32.8 Å². The lowest BCUT2D eigenvalue weighted by molar-refractivity contribution is -0.330. The van der Waals surface area contributed by atoms with Crippen LogP contribution in [0.1, 0.15) is 5.56 Å². The first-order chi connectivity index (χ1) is 10.3. The van der Waals surface area contributed by atoms with E-state index in [0.717, 1.165) is 5.69 Å². The molecule has 0 saturated carbocycles. The van der Waals surface area contributed by atoms with Gasteiger partial charge in [0.05, 0.1) is 5.39 Å². The van der Waals surface area contributed by atoms with Crippen molar-refractivity contribution in [2.45, 2.75) is 6.92 Å². The number of fused-ring (bicyclic) bond motifs is 3.